The summed E-state index contributed by atoms with van der Waals surface area (Å²) in [5.41, 5.74) is 0.726. The number of hydrogen-bond acceptors (Lipinski definition) is 8. The number of piperazine rings is 1. The Hall–Kier alpha value is -3.69. The highest BCUT2D eigenvalue weighted by atomic mass is 35.5. The first-order valence-corrected chi connectivity index (χ1v) is 15.5. The molecule has 2 aromatic carbocycles. The number of nitrogens with zero attached hydrogens (tertiary/aromatic N) is 3. The molecule has 0 aromatic heterocycles. The van der Waals surface area contributed by atoms with E-state index in [4.69, 9.17) is 16.3 Å². The Labute approximate surface area is 268 Å². The normalized spacial score (nSPS) is 30.7. The predicted molar refractivity (Wildman–Crippen MR) is 158 cm³/mol. The number of rotatable bonds is 3. The summed E-state index contributed by atoms with van der Waals surface area (Å²) in [5.74, 6) is -3.05. The molecule has 4 fully saturated rings. The fraction of sp³-hybridized carbons (Fsp3) is 0.484. The lowest BCUT2D eigenvalue weighted by Gasteiger charge is -2.42. The van der Waals surface area contributed by atoms with Crippen LogP contribution in [0.2, 0.25) is 5.02 Å². The molecule has 0 spiro atoms. The van der Waals surface area contributed by atoms with Gasteiger partial charge in [0.1, 0.15) is 36.0 Å². The van der Waals surface area contributed by atoms with Crippen LogP contribution >= 0.6 is 11.6 Å². The molecule has 4 amide bonds. The van der Waals surface area contributed by atoms with Crippen LogP contribution in [-0.4, -0.2) is 124 Å². The van der Waals surface area contributed by atoms with Crippen molar-refractivity contribution in [3.63, 3.8) is 0 Å². The van der Waals surface area contributed by atoms with Crippen LogP contribution in [0.25, 0.3) is 0 Å². The highest BCUT2D eigenvalue weighted by Gasteiger charge is 2.47. The molecule has 6 rings (SSSR count). The topological polar surface area (TPSA) is 152 Å². The molecule has 46 heavy (non-hydrogen) atoms. The summed E-state index contributed by atoms with van der Waals surface area (Å²) < 4.78 is 33.6. The van der Waals surface area contributed by atoms with Crippen LogP contribution in [0.1, 0.15) is 28.8 Å². The lowest BCUT2D eigenvalue weighted by atomic mass is 10.0. The van der Waals surface area contributed by atoms with Crippen molar-refractivity contribution in [1.82, 2.24) is 25.3 Å². The Morgan fingerprint density at radius 1 is 0.978 bits per heavy atom. The summed E-state index contributed by atoms with van der Waals surface area (Å²) in [6, 6.07) is 6.90. The third kappa shape index (κ3) is 6.58. The highest BCUT2D eigenvalue weighted by Crippen LogP contribution is 2.28. The number of carbonyl (C=O) groups excluding carboxylic acids is 4. The second-order valence-electron chi connectivity index (χ2n) is 12.1. The standard InChI is InChI=1S/C31H34ClF2N5O7/c32-20-6-1-16(9-21(20)34)13-38-14-19-10-22(38)31(45)37-7-8-39(30(44)17-2-4-18(33)5-3-17)23(15-37)29(43)35-12-25-28(42)27(41)24(46-25)11-26(40)36-19/h1-6,9,19,22-25,27-28,41-42H,7-8,10-15H2,(H,35,43)(H,36,40)/t19-,22-,23-,24-,25+,27-,28+/m0/s1. The number of amides is 4. The molecule has 4 saturated heterocycles. The Morgan fingerprint density at radius 2 is 1.72 bits per heavy atom. The zero-order valence-corrected chi connectivity index (χ0v) is 25.4. The SMILES string of the molecule is O=C1C[C@@H]2O[C@H](CNC(=O)[C@@H]3CN(CCN3C(=O)c3ccc(F)cc3)C(=O)[C@@H]3C[C@@H](CN3Cc3ccc(Cl)c(F)c3)N1)[C@@H](O)[C@H]2O. The third-order valence-corrected chi connectivity index (χ3v) is 9.40. The number of nitrogens with one attached hydrogen (secondary N) is 2. The van der Waals surface area contributed by atoms with E-state index in [0.717, 1.165) is 12.1 Å². The van der Waals surface area contributed by atoms with E-state index in [2.05, 4.69) is 10.6 Å². The van der Waals surface area contributed by atoms with E-state index in [0.29, 0.717) is 5.56 Å². The number of ether oxygens (including phenoxy) is 1. The van der Waals surface area contributed by atoms with Crippen molar-refractivity contribution in [2.45, 2.75) is 61.9 Å². The molecular formula is C31H34ClF2N5O7. The zero-order valence-electron chi connectivity index (χ0n) is 24.7. The van der Waals surface area contributed by atoms with Gasteiger partial charge in [-0.25, -0.2) is 8.78 Å². The molecule has 0 unspecified atom stereocenters. The molecule has 0 aliphatic carbocycles. The summed E-state index contributed by atoms with van der Waals surface area (Å²) in [6.07, 6.45) is -4.90. The van der Waals surface area contributed by atoms with Gasteiger partial charge in [-0.15, -0.1) is 0 Å². The Bertz CT molecular complexity index is 1520. The molecule has 0 radical (unpaired) electrons. The van der Waals surface area contributed by atoms with Crippen LogP contribution in [-0.2, 0) is 25.7 Å². The summed E-state index contributed by atoms with van der Waals surface area (Å²) in [5, 5.41) is 26.7. The number of aliphatic hydroxyl groups excluding tert-OH is 2. The van der Waals surface area contributed by atoms with E-state index >= 15 is 0 Å². The number of likely N-dealkylation sites (tertiary alicyclic amines) is 1. The monoisotopic (exact) mass is 661 g/mol. The summed E-state index contributed by atoms with van der Waals surface area (Å²) in [4.78, 5) is 58.9. The Kier molecular flexibility index (Phi) is 9.26. The molecule has 246 valence electrons. The van der Waals surface area contributed by atoms with Gasteiger partial charge in [0.25, 0.3) is 5.91 Å². The zero-order chi connectivity index (χ0) is 32.7. The highest BCUT2D eigenvalue weighted by molar-refractivity contribution is 6.30. The van der Waals surface area contributed by atoms with Crippen molar-refractivity contribution in [3.05, 3.63) is 70.2 Å². The van der Waals surface area contributed by atoms with E-state index in [1.54, 1.807) is 6.07 Å². The number of benzene rings is 2. The molecule has 15 heteroatoms. The minimum Gasteiger partial charge on any atom is -0.388 e. The maximum Gasteiger partial charge on any atom is 0.254 e. The van der Waals surface area contributed by atoms with E-state index in [9.17, 15) is 38.2 Å². The lowest BCUT2D eigenvalue weighted by molar-refractivity contribution is -0.141. The van der Waals surface area contributed by atoms with Gasteiger partial charge in [-0.2, -0.15) is 0 Å². The van der Waals surface area contributed by atoms with Crippen molar-refractivity contribution < 1.29 is 42.9 Å². The average Bonchev–Trinajstić information content (AvgIpc) is 3.55. The Morgan fingerprint density at radius 3 is 2.46 bits per heavy atom. The van der Waals surface area contributed by atoms with Gasteiger partial charge in [-0.05, 0) is 48.4 Å². The van der Waals surface area contributed by atoms with Crippen LogP contribution in [0, 0.1) is 11.6 Å². The van der Waals surface area contributed by atoms with Crippen LogP contribution in [0.15, 0.2) is 42.5 Å². The second-order valence-corrected chi connectivity index (χ2v) is 12.5. The van der Waals surface area contributed by atoms with Gasteiger partial charge in [-0.3, -0.25) is 24.1 Å². The van der Waals surface area contributed by atoms with Gasteiger partial charge < -0.3 is 35.4 Å². The second kappa shape index (κ2) is 13.2. The molecule has 4 heterocycles. The maximum atomic E-state index is 14.3. The van der Waals surface area contributed by atoms with Crippen LogP contribution < -0.4 is 10.6 Å². The molecule has 0 saturated carbocycles. The minimum absolute atomic E-state index is 0.00133. The van der Waals surface area contributed by atoms with Crippen LogP contribution in [0.3, 0.4) is 0 Å². The smallest absolute Gasteiger partial charge is 0.254 e. The van der Waals surface area contributed by atoms with Crippen LogP contribution in [0.4, 0.5) is 8.78 Å². The van der Waals surface area contributed by atoms with E-state index in [1.165, 1.54) is 34.1 Å². The maximum absolute atomic E-state index is 14.3. The lowest BCUT2D eigenvalue weighted by Crippen LogP contribution is -2.63. The molecule has 7 atom stereocenters. The van der Waals surface area contributed by atoms with Crippen molar-refractivity contribution >= 4 is 35.2 Å². The first kappa shape index (κ1) is 32.3. The first-order valence-electron chi connectivity index (χ1n) is 15.1. The third-order valence-electron chi connectivity index (χ3n) is 9.10. The fourth-order valence-electron chi connectivity index (χ4n) is 6.68. The quantitative estimate of drug-likeness (QED) is 0.360. The predicted octanol–water partition coefficient (Wildman–Crippen LogP) is 0.0396. The molecular weight excluding hydrogens is 628 g/mol. The van der Waals surface area contributed by atoms with Gasteiger partial charge in [0.15, 0.2) is 0 Å². The number of fused-ring (bicyclic) bond motifs is 6. The van der Waals surface area contributed by atoms with Gasteiger partial charge in [0.05, 0.1) is 30.1 Å². The van der Waals surface area contributed by atoms with E-state index in [-0.39, 0.29) is 68.6 Å². The fourth-order valence-corrected chi connectivity index (χ4v) is 6.80. The first-order chi connectivity index (χ1) is 22.0. The molecule has 12 nitrogen and oxygen atoms in total. The summed E-state index contributed by atoms with van der Waals surface area (Å²) in [7, 11) is 0. The summed E-state index contributed by atoms with van der Waals surface area (Å²) >= 11 is 5.86. The van der Waals surface area contributed by atoms with Crippen molar-refractivity contribution in [2.75, 3.05) is 32.7 Å². The molecule has 4 N–H and O–H groups in total. The minimum atomic E-state index is -1.39. The number of halogens is 3. The van der Waals surface area contributed by atoms with Gasteiger partial charge in [-0.1, -0.05) is 17.7 Å². The molecule has 4 aliphatic heterocycles. The van der Waals surface area contributed by atoms with Crippen molar-refractivity contribution in [1.29, 1.82) is 0 Å². The van der Waals surface area contributed by atoms with Gasteiger partial charge >= 0.3 is 0 Å². The van der Waals surface area contributed by atoms with Crippen molar-refractivity contribution in [2.24, 2.45) is 0 Å². The Balaban J connectivity index is 1.30. The van der Waals surface area contributed by atoms with Crippen molar-refractivity contribution in [3.8, 4) is 0 Å². The molecule has 6 bridgehead atoms. The number of hydrogen-bond donors (Lipinski definition) is 4. The van der Waals surface area contributed by atoms with Gasteiger partial charge in [0, 0.05) is 44.3 Å². The van der Waals surface area contributed by atoms with E-state index < -0.39 is 71.9 Å². The molecule has 4 aliphatic rings. The summed E-state index contributed by atoms with van der Waals surface area (Å²) in [6.45, 7) is 0.132. The number of carbonyl (C=O) groups is 4. The molecule has 2 aromatic rings. The number of aliphatic hydroxyl groups is 2. The van der Waals surface area contributed by atoms with Crippen LogP contribution in [0.5, 0.6) is 0 Å². The van der Waals surface area contributed by atoms with E-state index in [1.807, 2.05) is 4.90 Å². The largest absolute Gasteiger partial charge is 0.388 e. The van der Waals surface area contributed by atoms with Gasteiger partial charge in [0.2, 0.25) is 17.7 Å². The average molecular weight is 662 g/mol.